The molecule has 6 nitrogen and oxygen atoms in total. The molecule has 0 aliphatic rings. The number of halogens is 2. The summed E-state index contributed by atoms with van der Waals surface area (Å²) < 4.78 is 20.2. The second-order valence-electron chi connectivity index (χ2n) is 5.78. The van der Waals surface area contributed by atoms with Gasteiger partial charge < -0.3 is 14.7 Å². The zero-order valence-corrected chi connectivity index (χ0v) is 16.6. The summed E-state index contributed by atoms with van der Waals surface area (Å²) in [5.41, 5.74) is 0.574. The molecule has 0 aromatic heterocycles. The Hall–Kier alpha value is -2.74. The first-order valence-electron chi connectivity index (χ1n) is 8.35. The summed E-state index contributed by atoms with van der Waals surface area (Å²) >= 11 is 3.35. The van der Waals surface area contributed by atoms with Crippen LogP contribution in [0.1, 0.15) is 32.2 Å². The van der Waals surface area contributed by atoms with E-state index < -0.39 is 28.9 Å². The fourth-order valence-electron chi connectivity index (χ4n) is 2.68. The van der Waals surface area contributed by atoms with Crippen LogP contribution in [0.5, 0.6) is 0 Å². The van der Waals surface area contributed by atoms with E-state index in [1.807, 2.05) is 0 Å². The fourth-order valence-corrected chi connectivity index (χ4v) is 3.39. The summed E-state index contributed by atoms with van der Waals surface area (Å²) in [4.78, 5) is 27.5. The monoisotopic (exact) mass is 451 g/mol. The number of aromatic carboxylic acids is 1. The second kappa shape index (κ2) is 10.6. The molecule has 0 saturated heterocycles. The molecule has 0 bridgehead atoms. The Bertz CT molecular complexity index is 830. The standard InChI is InChI=1S/C20H19BrFNO5/c1-27-23-11-17(22)18(14-9-5-6-10-15(14)19(24)25)16(21)12-28-20(26)13-7-3-2-4-8-13/h2-11,16-18H,12H2,1H3,(H,24,25)/t16-,17-,18+/m0/s1. The van der Waals surface area contributed by atoms with Gasteiger partial charge in [-0.2, -0.15) is 0 Å². The fraction of sp³-hybridized carbons (Fsp3) is 0.250. The summed E-state index contributed by atoms with van der Waals surface area (Å²) in [7, 11) is 1.27. The molecule has 1 N–H and O–H groups in total. The van der Waals surface area contributed by atoms with Crippen LogP contribution in [-0.4, -0.2) is 48.0 Å². The lowest BCUT2D eigenvalue weighted by Gasteiger charge is -2.25. The van der Waals surface area contributed by atoms with Crippen LogP contribution in [0, 0.1) is 0 Å². The topological polar surface area (TPSA) is 85.2 Å². The van der Waals surface area contributed by atoms with Crippen molar-refractivity contribution < 1.29 is 28.7 Å². The summed E-state index contributed by atoms with van der Waals surface area (Å²) in [5.74, 6) is -2.72. The van der Waals surface area contributed by atoms with E-state index in [9.17, 15) is 19.1 Å². The molecule has 2 rings (SSSR count). The van der Waals surface area contributed by atoms with Gasteiger partial charge in [-0.25, -0.2) is 14.0 Å². The molecule has 0 spiro atoms. The first-order chi connectivity index (χ1) is 13.5. The smallest absolute Gasteiger partial charge is 0.338 e. The van der Waals surface area contributed by atoms with Gasteiger partial charge in [-0.3, -0.25) is 0 Å². The highest BCUT2D eigenvalue weighted by molar-refractivity contribution is 9.09. The maximum absolute atomic E-state index is 14.9. The highest BCUT2D eigenvalue weighted by Gasteiger charge is 2.33. The molecule has 0 unspecified atom stereocenters. The Morgan fingerprint density at radius 2 is 1.82 bits per heavy atom. The number of nitrogens with zero attached hydrogens (tertiary/aromatic N) is 1. The molecule has 3 atom stereocenters. The Labute approximate surface area is 170 Å². The molecule has 0 fully saturated rings. The van der Waals surface area contributed by atoms with Crippen LogP contribution in [0.15, 0.2) is 59.8 Å². The Balaban J connectivity index is 2.25. The SMILES string of the molecule is CON=C[C@H](F)[C@H](c1ccccc1C(=O)O)[C@@H](Br)COC(=O)c1ccccc1. The number of carbonyl (C=O) groups excluding carboxylic acids is 1. The van der Waals surface area contributed by atoms with Crippen molar-refractivity contribution in [3.63, 3.8) is 0 Å². The van der Waals surface area contributed by atoms with E-state index in [0.29, 0.717) is 5.56 Å². The minimum Gasteiger partial charge on any atom is -0.478 e. The van der Waals surface area contributed by atoms with Gasteiger partial charge in [-0.1, -0.05) is 57.5 Å². The number of carboxylic acids is 1. The Kier molecular flexibility index (Phi) is 8.13. The van der Waals surface area contributed by atoms with Crippen LogP contribution in [0.3, 0.4) is 0 Å². The average Bonchev–Trinajstić information content (AvgIpc) is 2.71. The number of carboxylic acid groups (broad SMARTS) is 1. The molecule has 0 heterocycles. The van der Waals surface area contributed by atoms with Gasteiger partial charge in [0.25, 0.3) is 0 Å². The van der Waals surface area contributed by atoms with Crippen molar-refractivity contribution in [2.75, 3.05) is 13.7 Å². The van der Waals surface area contributed by atoms with Crippen molar-refractivity contribution in [1.82, 2.24) is 0 Å². The van der Waals surface area contributed by atoms with Gasteiger partial charge in [-0.15, -0.1) is 0 Å². The average molecular weight is 452 g/mol. The lowest BCUT2D eigenvalue weighted by atomic mass is 9.88. The predicted molar refractivity (Wildman–Crippen MR) is 106 cm³/mol. The molecule has 148 valence electrons. The summed E-state index contributed by atoms with van der Waals surface area (Å²) in [6.45, 7) is -0.173. The Morgan fingerprint density at radius 1 is 1.18 bits per heavy atom. The first-order valence-corrected chi connectivity index (χ1v) is 9.26. The summed E-state index contributed by atoms with van der Waals surface area (Å²) in [6, 6.07) is 14.5. The van der Waals surface area contributed by atoms with Crippen molar-refractivity contribution in [3.05, 3.63) is 71.3 Å². The second-order valence-corrected chi connectivity index (χ2v) is 6.96. The summed E-state index contributed by atoms with van der Waals surface area (Å²) in [5, 5.41) is 12.9. The number of hydrogen-bond acceptors (Lipinski definition) is 5. The number of hydrogen-bond donors (Lipinski definition) is 1. The third-order valence-corrected chi connectivity index (χ3v) is 4.81. The summed E-state index contributed by atoms with van der Waals surface area (Å²) in [6.07, 6.45) is -0.739. The lowest BCUT2D eigenvalue weighted by Crippen LogP contribution is -2.30. The molecule has 0 aliphatic carbocycles. The quantitative estimate of drug-likeness (QED) is 0.269. The predicted octanol–water partition coefficient (Wildman–Crippen LogP) is 4.06. The van der Waals surface area contributed by atoms with Gasteiger partial charge in [0.15, 0.2) is 0 Å². The normalized spacial score (nSPS) is 14.2. The zero-order chi connectivity index (χ0) is 20.5. The highest BCUT2D eigenvalue weighted by Crippen LogP contribution is 2.33. The third kappa shape index (κ3) is 5.63. The molecular formula is C20H19BrFNO5. The van der Waals surface area contributed by atoms with Gasteiger partial charge in [-0.05, 0) is 23.8 Å². The number of rotatable bonds is 9. The molecule has 2 aromatic carbocycles. The van der Waals surface area contributed by atoms with Crippen LogP contribution in [0.2, 0.25) is 0 Å². The largest absolute Gasteiger partial charge is 0.478 e. The molecule has 0 saturated carbocycles. The van der Waals surface area contributed by atoms with E-state index in [1.54, 1.807) is 42.5 Å². The van der Waals surface area contributed by atoms with E-state index >= 15 is 0 Å². The minimum absolute atomic E-state index is 0.0418. The van der Waals surface area contributed by atoms with Gasteiger partial charge >= 0.3 is 11.9 Å². The third-order valence-electron chi connectivity index (χ3n) is 3.97. The number of ether oxygens (including phenoxy) is 1. The lowest BCUT2D eigenvalue weighted by molar-refractivity contribution is 0.0494. The van der Waals surface area contributed by atoms with E-state index in [2.05, 4.69) is 25.9 Å². The van der Waals surface area contributed by atoms with E-state index in [0.717, 1.165) is 6.21 Å². The van der Waals surface area contributed by atoms with Crippen molar-refractivity contribution in [2.45, 2.75) is 16.9 Å². The van der Waals surface area contributed by atoms with Crippen LogP contribution in [-0.2, 0) is 9.57 Å². The van der Waals surface area contributed by atoms with Crippen LogP contribution in [0.4, 0.5) is 4.39 Å². The van der Waals surface area contributed by atoms with Crippen molar-refractivity contribution in [3.8, 4) is 0 Å². The maximum atomic E-state index is 14.9. The number of carbonyl (C=O) groups is 2. The van der Waals surface area contributed by atoms with E-state index in [1.165, 1.54) is 19.2 Å². The Morgan fingerprint density at radius 3 is 2.46 bits per heavy atom. The molecule has 0 aliphatic heterocycles. The zero-order valence-electron chi connectivity index (χ0n) is 15.0. The van der Waals surface area contributed by atoms with Crippen molar-refractivity contribution in [2.24, 2.45) is 5.16 Å². The highest BCUT2D eigenvalue weighted by atomic mass is 79.9. The molecule has 0 amide bonds. The van der Waals surface area contributed by atoms with Gasteiger partial charge in [0.2, 0.25) is 0 Å². The molecule has 0 radical (unpaired) electrons. The molecular weight excluding hydrogens is 433 g/mol. The van der Waals surface area contributed by atoms with Crippen LogP contribution in [0.25, 0.3) is 0 Å². The van der Waals surface area contributed by atoms with E-state index in [-0.39, 0.29) is 17.7 Å². The number of oxime groups is 1. The molecule has 28 heavy (non-hydrogen) atoms. The maximum Gasteiger partial charge on any atom is 0.338 e. The van der Waals surface area contributed by atoms with Crippen molar-refractivity contribution in [1.29, 1.82) is 0 Å². The number of alkyl halides is 2. The van der Waals surface area contributed by atoms with Gasteiger partial charge in [0.05, 0.1) is 22.2 Å². The number of esters is 1. The minimum atomic E-state index is -1.68. The molecule has 2 aromatic rings. The van der Waals surface area contributed by atoms with E-state index in [4.69, 9.17) is 4.74 Å². The first kappa shape index (κ1) is 21.6. The van der Waals surface area contributed by atoms with Crippen LogP contribution < -0.4 is 0 Å². The van der Waals surface area contributed by atoms with Gasteiger partial charge in [0.1, 0.15) is 19.9 Å². The van der Waals surface area contributed by atoms with Crippen molar-refractivity contribution >= 4 is 34.1 Å². The van der Waals surface area contributed by atoms with Gasteiger partial charge in [0, 0.05) is 5.92 Å². The molecule has 8 heteroatoms. The van der Waals surface area contributed by atoms with Crippen LogP contribution >= 0.6 is 15.9 Å². The number of benzene rings is 2.